The monoisotopic (exact) mass is 272 g/mol. The van der Waals surface area contributed by atoms with Gasteiger partial charge >= 0.3 is 0 Å². The molecule has 0 atom stereocenters. The summed E-state index contributed by atoms with van der Waals surface area (Å²) in [7, 11) is 1.87. The highest BCUT2D eigenvalue weighted by Gasteiger charge is 2.19. The molecule has 1 amide bonds. The van der Waals surface area contributed by atoms with E-state index in [1.165, 1.54) is 0 Å². The number of rotatable bonds is 4. The van der Waals surface area contributed by atoms with Crippen LogP contribution in [0.15, 0.2) is 18.2 Å². The van der Waals surface area contributed by atoms with Gasteiger partial charge in [-0.25, -0.2) is 0 Å². The van der Waals surface area contributed by atoms with E-state index in [1.807, 2.05) is 37.1 Å². The lowest BCUT2D eigenvalue weighted by molar-refractivity contribution is 0.0723. The Labute approximate surface area is 122 Å². The standard InChI is InChI=1S/C17H24N2O/c1-5-15(6-2)19(4)17(20)16-12-14(8-7-11-18)10-9-13(16)3/h9-10,12,15H,5-6,11,18H2,1-4H3. The first-order valence-electron chi connectivity index (χ1n) is 7.11. The van der Waals surface area contributed by atoms with Gasteiger partial charge in [-0.3, -0.25) is 4.79 Å². The van der Waals surface area contributed by atoms with Crippen molar-refractivity contribution in [2.45, 2.75) is 39.7 Å². The van der Waals surface area contributed by atoms with Crippen LogP contribution in [0.2, 0.25) is 0 Å². The van der Waals surface area contributed by atoms with Crippen LogP contribution >= 0.6 is 0 Å². The Bertz CT molecular complexity index is 522. The van der Waals surface area contributed by atoms with Crippen molar-refractivity contribution < 1.29 is 4.79 Å². The Morgan fingerprint density at radius 3 is 2.55 bits per heavy atom. The van der Waals surface area contributed by atoms with Crippen molar-refractivity contribution in [2.75, 3.05) is 13.6 Å². The number of nitrogens with two attached hydrogens (primary N) is 1. The van der Waals surface area contributed by atoms with Crippen LogP contribution in [0.5, 0.6) is 0 Å². The summed E-state index contributed by atoms with van der Waals surface area (Å²) in [6.07, 6.45) is 1.93. The fourth-order valence-electron chi connectivity index (χ4n) is 2.28. The number of benzene rings is 1. The lowest BCUT2D eigenvalue weighted by atomic mass is 10.0. The molecule has 0 unspecified atom stereocenters. The molecule has 1 rings (SSSR count). The minimum atomic E-state index is 0.0626. The molecular formula is C17H24N2O. The molecule has 0 saturated carbocycles. The molecule has 3 nitrogen and oxygen atoms in total. The van der Waals surface area contributed by atoms with Crippen LogP contribution in [-0.4, -0.2) is 30.4 Å². The summed E-state index contributed by atoms with van der Waals surface area (Å²) in [5.74, 6) is 5.86. The molecule has 108 valence electrons. The zero-order valence-electron chi connectivity index (χ0n) is 12.9. The van der Waals surface area contributed by atoms with Crippen molar-refractivity contribution in [1.29, 1.82) is 0 Å². The normalized spacial score (nSPS) is 10.1. The second-order valence-electron chi connectivity index (χ2n) is 4.92. The third-order valence-corrected chi connectivity index (χ3v) is 3.61. The van der Waals surface area contributed by atoms with Gasteiger partial charge < -0.3 is 10.6 Å². The first kappa shape index (κ1) is 16.3. The number of nitrogens with zero attached hydrogens (tertiary/aromatic N) is 1. The zero-order valence-corrected chi connectivity index (χ0v) is 12.9. The third-order valence-electron chi connectivity index (χ3n) is 3.61. The summed E-state index contributed by atoms with van der Waals surface area (Å²) < 4.78 is 0. The Kier molecular flexibility index (Phi) is 6.27. The van der Waals surface area contributed by atoms with E-state index in [2.05, 4.69) is 25.7 Å². The second kappa shape index (κ2) is 7.72. The van der Waals surface area contributed by atoms with Crippen molar-refractivity contribution in [3.05, 3.63) is 34.9 Å². The predicted octanol–water partition coefficient (Wildman–Crippen LogP) is 2.57. The van der Waals surface area contributed by atoms with Crippen molar-refractivity contribution in [3.8, 4) is 11.8 Å². The molecule has 0 saturated heterocycles. The number of hydrogen-bond acceptors (Lipinski definition) is 2. The van der Waals surface area contributed by atoms with Gasteiger partial charge in [0, 0.05) is 24.2 Å². The number of carbonyl (C=O) groups is 1. The molecule has 0 aliphatic rings. The minimum absolute atomic E-state index is 0.0626. The number of hydrogen-bond donors (Lipinski definition) is 1. The largest absolute Gasteiger partial charge is 0.339 e. The van der Waals surface area contributed by atoms with Crippen molar-refractivity contribution in [1.82, 2.24) is 4.90 Å². The average molecular weight is 272 g/mol. The predicted molar refractivity (Wildman–Crippen MR) is 83.6 cm³/mol. The van der Waals surface area contributed by atoms with Gasteiger partial charge in [0.1, 0.15) is 0 Å². The fourth-order valence-corrected chi connectivity index (χ4v) is 2.28. The van der Waals surface area contributed by atoms with E-state index in [0.717, 1.165) is 29.5 Å². The van der Waals surface area contributed by atoms with Gasteiger partial charge in [0.15, 0.2) is 0 Å². The minimum Gasteiger partial charge on any atom is -0.339 e. The highest BCUT2D eigenvalue weighted by Crippen LogP contribution is 2.16. The van der Waals surface area contributed by atoms with Crippen molar-refractivity contribution in [2.24, 2.45) is 5.73 Å². The van der Waals surface area contributed by atoms with Crippen molar-refractivity contribution >= 4 is 5.91 Å². The maximum absolute atomic E-state index is 12.6. The Balaban J connectivity index is 3.08. The van der Waals surface area contributed by atoms with Gasteiger partial charge in [0.25, 0.3) is 5.91 Å². The summed E-state index contributed by atoms with van der Waals surface area (Å²) in [5.41, 5.74) is 7.92. The molecule has 3 heteroatoms. The molecule has 2 N–H and O–H groups in total. The fraction of sp³-hybridized carbons (Fsp3) is 0.471. The molecule has 1 aromatic rings. The van der Waals surface area contributed by atoms with Gasteiger partial charge in [0.05, 0.1) is 6.54 Å². The quantitative estimate of drug-likeness (QED) is 0.856. The first-order valence-corrected chi connectivity index (χ1v) is 7.11. The molecule has 0 aromatic heterocycles. The highest BCUT2D eigenvalue weighted by molar-refractivity contribution is 5.96. The van der Waals surface area contributed by atoms with E-state index in [0.29, 0.717) is 6.54 Å². The molecule has 0 bridgehead atoms. The number of carbonyl (C=O) groups excluding carboxylic acids is 1. The Hall–Kier alpha value is -1.79. The molecule has 0 aliphatic carbocycles. The maximum Gasteiger partial charge on any atom is 0.254 e. The van der Waals surface area contributed by atoms with Gasteiger partial charge in [-0.1, -0.05) is 31.8 Å². The van der Waals surface area contributed by atoms with Gasteiger partial charge in [-0.15, -0.1) is 0 Å². The van der Waals surface area contributed by atoms with E-state index in [-0.39, 0.29) is 11.9 Å². The molecule has 0 spiro atoms. The lowest BCUT2D eigenvalue weighted by Crippen LogP contribution is -2.36. The van der Waals surface area contributed by atoms with Crippen LogP contribution in [-0.2, 0) is 0 Å². The zero-order chi connectivity index (χ0) is 15.1. The summed E-state index contributed by atoms with van der Waals surface area (Å²) >= 11 is 0. The van der Waals surface area contributed by atoms with E-state index in [1.54, 1.807) is 0 Å². The molecule has 1 aromatic carbocycles. The maximum atomic E-state index is 12.6. The average Bonchev–Trinajstić information content (AvgIpc) is 2.46. The molecule has 20 heavy (non-hydrogen) atoms. The first-order chi connectivity index (χ1) is 9.54. The van der Waals surface area contributed by atoms with E-state index in [9.17, 15) is 4.79 Å². The van der Waals surface area contributed by atoms with Gasteiger partial charge in [-0.2, -0.15) is 0 Å². The third kappa shape index (κ3) is 3.85. The van der Waals surface area contributed by atoms with Crippen LogP contribution < -0.4 is 5.73 Å². The van der Waals surface area contributed by atoms with Crippen LogP contribution in [0.3, 0.4) is 0 Å². The molecule has 0 radical (unpaired) electrons. The number of amides is 1. The summed E-state index contributed by atoms with van der Waals surface area (Å²) in [5, 5.41) is 0. The Morgan fingerprint density at radius 1 is 1.35 bits per heavy atom. The van der Waals surface area contributed by atoms with Crippen LogP contribution in [0, 0.1) is 18.8 Å². The lowest BCUT2D eigenvalue weighted by Gasteiger charge is -2.27. The molecule has 0 fully saturated rings. The topological polar surface area (TPSA) is 46.3 Å². The van der Waals surface area contributed by atoms with Gasteiger partial charge in [0.2, 0.25) is 0 Å². The number of aryl methyl sites for hydroxylation is 1. The molecule has 0 aliphatic heterocycles. The molecular weight excluding hydrogens is 248 g/mol. The van der Waals surface area contributed by atoms with Gasteiger partial charge in [-0.05, 0) is 37.5 Å². The highest BCUT2D eigenvalue weighted by atomic mass is 16.2. The Morgan fingerprint density at radius 2 is 2.00 bits per heavy atom. The summed E-state index contributed by atoms with van der Waals surface area (Å²) in [6.45, 7) is 6.49. The van der Waals surface area contributed by atoms with E-state index in [4.69, 9.17) is 5.73 Å². The van der Waals surface area contributed by atoms with Crippen LogP contribution in [0.4, 0.5) is 0 Å². The van der Waals surface area contributed by atoms with E-state index >= 15 is 0 Å². The summed E-state index contributed by atoms with van der Waals surface area (Å²) in [6, 6.07) is 6.00. The second-order valence-corrected chi connectivity index (χ2v) is 4.92. The van der Waals surface area contributed by atoms with Crippen molar-refractivity contribution in [3.63, 3.8) is 0 Å². The smallest absolute Gasteiger partial charge is 0.254 e. The summed E-state index contributed by atoms with van der Waals surface area (Å²) in [4.78, 5) is 14.4. The van der Waals surface area contributed by atoms with E-state index < -0.39 is 0 Å². The molecule has 0 heterocycles. The SMILES string of the molecule is CCC(CC)N(C)C(=O)c1cc(C#CCN)ccc1C. The van der Waals surface area contributed by atoms with Crippen LogP contribution in [0.1, 0.15) is 48.2 Å². The van der Waals surface area contributed by atoms with Crippen LogP contribution in [0.25, 0.3) is 0 Å².